The lowest BCUT2D eigenvalue weighted by atomic mass is 10.3. The van der Waals surface area contributed by atoms with Gasteiger partial charge in [-0.3, -0.25) is 9.59 Å². The molecule has 0 aromatic rings. The molecule has 1 aliphatic rings. The number of esters is 1. The number of amides is 1. The van der Waals surface area contributed by atoms with Gasteiger partial charge in [-0.05, 0) is 6.92 Å². The summed E-state index contributed by atoms with van der Waals surface area (Å²) < 4.78 is 10.5. The largest absolute Gasteiger partial charge is 0.457 e. The highest BCUT2D eigenvalue weighted by Gasteiger charge is 2.41. The van der Waals surface area contributed by atoms with E-state index >= 15 is 0 Å². The summed E-state index contributed by atoms with van der Waals surface area (Å²) in [7, 11) is 0. The Labute approximate surface area is 95.0 Å². The number of ether oxygens (including phenoxy) is 2. The molecule has 5 heteroatoms. The van der Waals surface area contributed by atoms with Crippen LogP contribution in [-0.4, -0.2) is 42.3 Å². The second-order valence-electron chi connectivity index (χ2n) is 3.53. The molecular weight excluding hydrogens is 210 g/mol. The van der Waals surface area contributed by atoms with E-state index in [0.717, 1.165) is 0 Å². The van der Waals surface area contributed by atoms with E-state index in [1.807, 2.05) is 6.92 Å². The third-order valence-electron chi connectivity index (χ3n) is 2.30. The zero-order valence-electron chi connectivity index (χ0n) is 9.64. The van der Waals surface area contributed by atoms with E-state index < -0.39 is 18.3 Å². The maximum absolute atomic E-state index is 11.6. The van der Waals surface area contributed by atoms with Crippen molar-refractivity contribution in [2.75, 3.05) is 13.2 Å². The summed E-state index contributed by atoms with van der Waals surface area (Å²) in [6, 6.07) is 0. The monoisotopic (exact) mass is 227 g/mol. The second kappa shape index (κ2) is 5.65. The van der Waals surface area contributed by atoms with Crippen LogP contribution in [0.25, 0.3) is 0 Å². The Hall–Kier alpha value is -1.36. The quantitative estimate of drug-likeness (QED) is 0.512. The molecule has 0 saturated carbocycles. The van der Waals surface area contributed by atoms with Crippen LogP contribution in [0.4, 0.5) is 0 Å². The van der Waals surface area contributed by atoms with Gasteiger partial charge in [-0.15, -0.1) is 6.58 Å². The lowest BCUT2D eigenvalue weighted by molar-refractivity contribution is -0.160. The minimum atomic E-state index is -0.509. The van der Waals surface area contributed by atoms with Crippen molar-refractivity contribution >= 4 is 11.9 Å². The first-order valence-corrected chi connectivity index (χ1v) is 5.29. The molecule has 0 aromatic heterocycles. The smallest absolute Gasteiger partial charge is 0.303 e. The van der Waals surface area contributed by atoms with Crippen LogP contribution in [0.3, 0.4) is 0 Å². The van der Waals surface area contributed by atoms with E-state index in [1.165, 1.54) is 11.8 Å². The Kier molecular flexibility index (Phi) is 4.49. The molecule has 0 radical (unpaired) electrons. The fourth-order valence-electron chi connectivity index (χ4n) is 1.76. The molecule has 1 unspecified atom stereocenters. The maximum Gasteiger partial charge on any atom is 0.303 e. The van der Waals surface area contributed by atoms with Crippen molar-refractivity contribution in [2.45, 2.75) is 32.6 Å². The molecule has 5 nitrogen and oxygen atoms in total. The van der Waals surface area contributed by atoms with Crippen molar-refractivity contribution in [1.82, 2.24) is 4.90 Å². The van der Waals surface area contributed by atoms with Crippen LogP contribution in [0.15, 0.2) is 12.7 Å². The second-order valence-corrected chi connectivity index (χ2v) is 3.53. The highest BCUT2D eigenvalue weighted by molar-refractivity contribution is 5.80. The third-order valence-corrected chi connectivity index (χ3v) is 2.30. The minimum absolute atomic E-state index is 0.0791. The van der Waals surface area contributed by atoms with Crippen LogP contribution in [0.5, 0.6) is 0 Å². The minimum Gasteiger partial charge on any atom is -0.457 e. The van der Waals surface area contributed by atoms with Crippen molar-refractivity contribution < 1.29 is 19.1 Å². The summed E-state index contributed by atoms with van der Waals surface area (Å²) in [6.45, 7) is 7.60. The predicted molar refractivity (Wildman–Crippen MR) is 57.5 cm³/mol. The molecule has 1 heterocycles. The van der Waals surface area contributed by atoms with Gasteiger partial charge in [0.1, 0.15) is 0 Å². The van der Waals surface area contributed by atoms with Crippen LogP contribution < -0.4 is 0 Å². The van der Waals surface area contributed by atoms with Crippen LogP contribution in [-0.2, 0) is 19.1 Å². The van der Waals surface area contributed by atoms with Gasteiger partial charge in [0.2, 0.25) is 5.91 Å². The lowest BCUT2D eigenvalue weighted by Gasteiger charge is -2.26. The Morgan fingerprint density at radius 2 is 2.38 bits per heavy atom. The molecule has 0 N–H and O–H groups in total. The number of carbonyl (C=O) groups excluding carboxylic acids is 2. The van der Waals surface area contributed by atoms with Gasteiger partial charge in [-0.2, -0.15) is 0 Å². The van der Waals surface area contributed by atoms with Crippen molar-refractivity contribution in [1.29, 1.82) is 0 Å². The molecule has 2 atom stereocenters. The first kappa shape index (κ1) is 12.7. The number of rotatable bonds is 5. The Morgan fingerprint density at radius 1 is 1.69 bits per heavy atom. The average molecular weight is 227 g/mol. The molecule has 1 fully saturated rings. The first-order valence-electron chi connectivity index (χ1n) is 5.29. The molecule has 0 spiro atoms. The van der Waals surface area contributed by atoms with Crippen molar-refractivity contribution in [3.8, 4) is 0 Å². The van der Waals surface area contributed by atoms with Crippen LogP contribution in [0.1, 0.15) is 20.3 Å². The van der Waals surface area contributed by atoms with Crippen molar-refractivity contribution in [3.63, 3.8) is 0 Å². The number of hydrogen-bond acceptors (Lipinski definition) is 4. The van der Waals surface area contributed by atoms with Gasteiger partial charge < -0.3 is 14.4 Å². The molecule has 16 heavy (non-hydrogen) atoms. The molecule has 1 aliphatic heterocycles. The van der Waals surface area contributed by atoms with Gasteiger partial charge in [0.25, 0.3) is 0 Å². The van der Waals surface area contributed by atoms with Crippen LogP contribution in [0.2, 0.25) is 0 Å². The zero-order valence-corrected chi connectivity index (χ0v) is 9.64. The third kappa shape index (κ3) is 2.82. The molecule has 90 valence electrons. The Balaban J connectivity index is 2.74. The van der Waals surface area contributed by atoms with Crippen LogP contribution >= 0.6 is 0 Å². The SMILES string of the molecule is C=CCN1C(=O)C[C@H](OC(C)=O)C1OCC. The fourth-order valence-corrected chi connectivity index (χ4v) is 1.76. The highest BCUT2D eigenvalue weighted by atomic mass is 16.6. The van der Waals surface area contributed by atoms with E-state index in [9.17, 15) is 9.59 Å². The summed E-state index contributed by atoms with van der Waals surface area (Å²) in [5.74, 6) is -0.479. The van der Waals surface area contributed by atoms with Gasteiger partial charge >= 0.3 is 5.97 Å². The number of hydrogen-bond donors (Lipinski definition) is 0. The molecule has 1 amide bonds. The van der Waals surface area contributed by atoms with Gasteiger partial charge in [0.05, 0.1) is 6.42 Å². The number of nitrogens with zero attached hydrogens (tertiary/aromatic N) is 1. The van der Waals surface area contributed by atoms with E-state index in [2.05, 4.69) is 6.58 Å². The predicted octanol–water partition coefficient (Wildman–Crippen LogP) is 0.699. The van der Waals surface area contributed by atoms with Gasteiger partial charge in [-0.25, -0.2) is 0 Å². The zero-order chi connectivity index (χ0) is 12.1. The average Bonchev–Trinajstić information content (AvgIpc) is 2.46. The van der Waals surface area contributed by atoms with E-state index in [1.54, 1.807) is 6.08 Å². The summed E-state index contributed by atoms with van der Waals surface area (Å²) in [4.78, 5) is 24.1. The Morgan fingerprint density at radius 3 is 2.88 bits per heavy atom. The molecule has 0 aromatic carbocycles. The summed E-state index contributed by atoms with van der Waals surface area (Å²) in [5, 5.41) is 0. The maximum atomic E-state index is 11.6. The molecule has 0 bridgehead atoms. The van der Waals surface area contributed by atoms with Gasteiger partial charge in [-0.1, -0.05) is 6.08 Å². The van der Waals surface area contributed by atoms with E-state index in [0.29, 0.717) is 13.2 Å². The molecule has 0 aliphatic carbocycles. The van der Waals surface area contributed by atoms with Crippen LogP contribution in [0, 0.1) is 0 Å². The molecule has 1 saturated heterocycles. The number of likely N-dealkylation sites (tertiary alicyclic amines) is 1. The van der Waals surface area contributed by atoms with Gasteiger partial charge in [0.15, 0.2) is 12.3 Å². The number of carbonyl (C=O) groups is 2. The van der Waals surface area contributed by atoms with Crippen molar-refractivity contribution in [2.24, 2.45) is 0 Å². The standard InChI is InChI=1S/C11H17NO4/c1-4-6-12-10(14)7-9(16-8(3)13)11(12)15-5-2/h4,9,11H,1,5-7H2,2-3H3/t9-,11?/m0/s1. The van der Waals surface area contributed by atoms with E-state index in [4.69, 9.17) is 9.47 Å². The highest BCUT2D eigenvalue weighted by Crippen LogP contribution is 2.23. The fraction of sp³-hybridized carbons (Fsp3) is 0.636. The summed E-state index contributed by atoms with van der Waals surface area (Å²) in [5.41, 5.74) is 0. The summed E-state index contributed by atoms with van der Waals surface area (Å²) in [6.07, 6.45) is 0.808. The van der Waals surface area contributed by atoms with Gasteiger partial charge in [0, 0.05) is 20.1 Å². The summed E-state index contributed by atoms with van der Waals surface area (Å²) >= 11 is 0. The Bertz CT molecular complexity index is 290. The lowest BCUT2D eigenvalue weighted by Crippen LogP contribution is -2.40. The normalized spacial score (nSPS) is 24.6. The molecule has 1 rings (SSSR count). The van der Waals surface area contributed by atoms with Crippen molar-refractivity contribution in [3.05, 3.63) is 12.7 Å². The first-order chi connectivity index (χ1) is 7.60. The topological polar surface area (TPSA) is 55.8 Å². The molecular formula is C11H17NO4. The van der Waals surface area contributed by atoms with E-state index in [-0.39, 0.29) is 12.3 Å².